The number of phenols is 1. The molecule has 1 heterocycles. The van der Waals surface area contributed by atoms with E-state index in [1.54, 1.807) is 6.07 Å². The fourth-order valence-electron chi connectivity index (χ4n) is 3.18. The van der Waals surface area contributed by atoms with E-state index in [1.807, 2.05) is 6.07 Å². The van der Waals surface area contributed by atoms with Gasteiger partial charge in [0.2, 0.25) is 0 Å². The van der Waals surface area contributed by atoms with Gasteiger partial charge in [-0.1, -0.05) is 19.8 Å². The molecule has 1 N–H and O–H groups in total. The second kappa shape index (κ2) is 4.72. The maximum atomic E-state index is 12.1. The molecule has 1 aliphatic carbocycles. The van der Waals surface area contributed by atoms with Crippen molar-refractivity contribution in [2.24, 2.45) is 5.92 Å². The van der Waals surface area contributed by atoms with Crippen molar-refractivity contribution in [1.29, 1.82) is 0 Å². The highest BCUT2D eigenvalue weighted by atomic mass is 16.4. The number of rotatable bonds is 2. The SMILES string of the molecule is CCC[C@H]1CCc2c(c(=O)oc3cc(O)ccc23)C1. The van der Waals surface area contributed by atoms with Gasteiger partial charge in [0.15, 0.2) is 0 Å². The topological polar surface area (TPSA) is 50.4 Å². The molecule has 3 heteroatoms. The molecule has 100 valence electrons. The van der Waals surface area contributed by atoms with Gasteiger partial charge in [0.25, 0.3) is 0 Å². The van der Waals surface area contributed by atoms with Crippen molar-refractivity contribution >= 4 is 11.0 Å². The molecule has 0 radical (unpaired) electrons. The molecule has 19 heavy (non-hydrogen) atoms. The number of fused-ring (bicyclic) bond motifs is 3. The maximum Gasteiger partial charge on any atom is 0.339 e. The second-order valence-electron chi connectivity index (χ2n) is 5.42. The number of phenolic OH excluding ortho intramolecular Hbond substituents is 1. The number of benzene rings is 1. The summed E-state index contributed by atoms with van der Waals surface area (Å²) in [6, 6.07) is 5.03. The van der Waals surface area contributed by atoms with Gasteiger partial charge in [0.1, 0.15) is 11.3 Å². The Morgan fingerprint density at radius 1 is 1.37 bits per heavy atom. The van der Waals surface area contributed by atoms with E-state index in [2.05, 4.69) is 6.92 Å². The van der Waals surface area contributed by atoms with Gasteiger partial charge in [-0.15, -0.1) is 0 Å². The molecule has 0 saturated carbocycles. The lowest BCUT2D eigenvalue weighted by Gasteiger charge is -2.24. The average Bonchev–Trinajstić information content (AvgIpc) is 2.39. The first kappa shape index (κ1) is 12.3. The zero-order chi connectivity index (χ0) is 13.4. The summed E-state index contributed by atoms with van der Waals surface area (Å²) in [5.74, 6) is 0.741. The molecule has 0 bridgehead atoms. The molecular weight excluding hydrogens is 240 g/mol. The summed E-state index contributed by atoms with van der Waals surface area (Å²) in [4.78, 5) is 12.1. The van der Waals surface area contributed by atoms with Crippen LogP contribution in [-0.2, 0) is 12.8 Å². The molecule has 0 aliphatic heterocycles. The zero-order valence-corrected chi connectivity index (χ0v) is 11.1. The predicted molar refractivity (Wildman–Crippen MR) is 74.6 cm³/mol. The predicted octanol–water partition coefficient (Wildman–Crippen LogP) is 3.40. The Hall–Kier alpha value is -1.77. The van der Waals surface area contributed by atoms with Crippen LogP contribution in [0, 0.1) is 5.92 Å². The van der Waals surface area contributed by atoms with Crippen LogP contribution in [0.2, 0.25) is 0 Å². The summed E-state index contributed by atoms with van der Waals surface area (Å²) in [6.07, 6.45) is 5.24. The van der Waals surface area contributed by atoms with Crippen molar-refractivity contribution < 1.29 is 9.52 Å². The minimum Gasteiger partial charge on any atom is -0.508 e. The van der Waals surface area contributed by atoms with Gasteiger partial charge < -0.3 is 9.52 Å². The van der Waals surface area contributed by atoms with Crippen molar-refractivity contribution in [2.45, 2.75) is 39.0 Å². The number of aromatic hydroxyl groups is 1. The molecule has 3 nitrogen and oxygen atoms in total. The highest BCUT2D eigenvalue weighted by Gasteiger charge is 2.23. The Morgan fingerprint density at radius 3 is 3.00 bits per heavy atom. The monoisotopic (exact) mass is 258 g/mol. The number of aryl methyl sites for hydroxylation is 1. The smallest absolute Gasteiger partial charge is 0.339 e. The third-order valence-electron chi connectivity index (χ3n) is 4.10. The van der Waals surface area contributed by atoms with Gasteiger partial charge in [-0.05, 0) is 42.9 Å². The molecule has 1 aliphatic rings. The van der Waals surface area contributed by atoms with Crippen LogP contribution in [0.3, 0.4) is 0 Å². The van der Waals surface area contributed by atoms with Crippen molar-refractivity contribution in [2.75, 3.05) is 0 Å². The molecule has 0 saturated heterocycles. The fraction of sp³-hybridized carbons (Fsp3) is 0.438. The van der Waals surface area contributed by atoms with Crippen molar-refractivity contribution in [3.05, 3.63) is 39.7 Å². The number of hydrogen-bond donors (Lipinski definition) is 1. The molecule has 0 spiro atoms. The third-order valence-corrected chi connectivity index (χ3v) is 4.10. The second-order valence-corrected chi connectivity index (χ2v) is 5.42. The van der Waals surface area contributed by atoms with Crippen LogP contribution < -0.4 is 5.63 Å². The standard InChI is InChI=1S/C16H18O3/c1-2-3-10-4-6-12-13-7-5-11(17)9-15(13)19-16(18)14(12)8-10/h5,7,9-10,17H,2-4,6,8H2,1H3/t10-/m0/s1. The number of hydrogen-bond acceptors (Lipinski definition) is 3. The van der Waals surface area contributed by atoms with E-state index in [1.165, 1.54) is 12.5 Å². The Kier molecular flexibility index (Phi) is 3.05. The molecule has 0 fully saturated rings. The van der Waals surface area contributed by atoms with Gasteiger partial charge >= 0.3 is 5.63 Å². The molecule has 0 unspecified atom stereocenters. The normalized spacial score (nSPS) is 18.5. The summed E-state index contributed by atoms with van der Waals surface area (Å²) < 4.78 is 5.35. The minimum absolute atomic E-state index is 0.135. The Bertz CT molecular complexity index is 669. The van der Waals surface area contributed by atoms with Crippen molar-refractivity contribution in [3.8, 4) is 5.75 Å². The molecule has 2 aromatic rings. The Labute approximate surface area is 111 Å². The fourth-order valence-corrected chi connectivity index (χ4v) is 3.18. The average molecular weight is 258 g/mol. The van der Waals surface area contributed by atoms with E-state index in [0.29, 0.717) is 11.5 Å². The van der Waals surface area contributed by atoms with Gasteiger partial charge in [0.05, 0.1) is 0 Å². The molecule has 1 aromatic heterocycles. The highest BCUT2D eigenvalue weighted by Crippen LogP contribution is 2.32. The van der Waals surface area contributed by atoms with Crippen LogP contribution in [0.15, 0.2) is 27.4 Å². The minimum atomic E-state index is -0.228. The lowest BCUT2D eigenvalue weighted by molar-refractivity contribution is 0.410. The molecule has 3 rings (SSSR count). The van der Waals surface area contributed by atoms with E-state index < -0.39 is 0 Å². The highest BCUT2D eigenvalue weighted by molar-refractivity contribution is 5.82. The molecular formula is C16H18O3. The summed E-state index contributed by atoms with van der Waals surface area (Å²) >= 11 is 0. The summed E-state index contributed by atoms with van der Waals surface area (Å²) in [5, 5.41) is 10.4. The van der Waals surface area contributed by atoms with Crippen LogP contribution in [-0.4, -0.2) is 5.11 Å². The van der Waals surface area contributed by atoms with Crippen LogP contribution in [0.5, 0.6) is 5.75 Å². The lowest BCUT2D eigenvalue weighted by atomic mass is 9.81. The summed E-state index contributed by atoms with van der Waals surface area (Å²) in [5.41, 5.74) is 2.24. The van der Waals surface area contributed by atoms with E-state index in [-0.39, 0.29) is 11.4 Å². The van der Waals surface area contributed by atoms with Gasteiger partial charge in [-0.3, -0.25) is 0 Å². The molecule has 1 atom stereocenters. The Morgan fingerprint density at radius 2 is 2.21 bits per heavy atom. The molecule has 0 amide bonds. The van der Waals surface area contributed by atoms with Crippen LogP contribution in [0.1, 0.15) is 37.3 Å². The van der Waals surface area contributed by atoms with Crippen LogP contribution >= 0.6 is 0 Å². The van der Waals surface area contributed by atoms with Crippen LogP contribution in [0.25, 0.3) is 11.0 Å². The van der Waals surface area contributed by atoms with E-state index in [0.717, 1.165) is 42.2 Å². The van der Waals surface area contributed by atoms with E-state index >= 15 is 0 Å². The first-order valence-corrected chi connectivity index (χ1v) is 6.96. The van der Waals surface area contributed by atoms with Crippen molar-refractivity contribution in [1.82, 2.24) is 0 Å². The summed E-state index contributed by atoms with van der Waals surface area (Å²) in [7, 11) is 0. The van der Waals surface area contributed by atoms with Gasteiger partial charge in [-0.25, -0.2) is 4.79 Å². The van der Waals surface area contributed by atoms with Gasteiger partial charge in [-0.2, -0.15) is 0 Å². The van der Waals surface area contributed by atoms with Gasteiger partial charge in [0, 0.05) is 17.0 Å². The zero-order valence-electron chi connectivity index (χ0n) is 11.1. The first-order chi connectivity index (χ1) is 9.19. The van der Waals surface area contributed by atoms with E-state index in [4.69, 9.17) is 4.42 Å². The maximum absolute atomic E-state index is 12.1. The van der Waals surface area contributed by atoms with Crippen molar-refractivity contribution in [3.63, 3.8) is 0 Å². The summed E-state index contributed by atoms with van der Waals surface area (Å²) in [6.45, 7) is 2.18. The largest absolute Gasteiger partial charge is 0.508 e. The third kappa shape index (κ3) is 2.14. The molecule has 1 aromatic carbocycles. The quantitative estimate of drug-likeness (QED) is 0.840. The van der Waals surface area contributed by atoms with E-state index in [9.17, 15) is 9.90 Å². The Balaban J connectivity index is 2.14. The lowest BCUT2D eigenvalue weighted by Crippen LogP contribution is -2.22. The van der Waals surface area contributed by atoms with Crippen LogP contribution in [0.4, 0.5) is 0 Å². The first-order valence-electron chi connectivity index (χ1n) is 6.96.